The normalized spacial score (nSPS) is 10.6. The van der Waals surface area contributed by atoms with Gasteiger partial charge in [-0.25, -0.2) is 0 Å². The Morgan fingerprint density at radius 2 is 2.29 bits per heavy atom. The number of carbonyl (C=O) groups is 1. The summed E-state index contributed by atoms with van der Waals surface area (Å²) < 4.78 is 0.849. The van der Waals surface area contributed by atoms with Crippen molar-refractivity contribution in [2.24, 2.45) is 0 Å². The van der Waals surface area contributed by atoms with Gasteiger partial charge in [0.25, 0.3) is 0 Å². The summed E-state index contributed by atoms with van der Waals surface area (Å²) in [6.07, 6.45) is 4.00. The molecule has 110 valence electrons. The molecule has 1 aromatic heterocycles. The highest BCUT2D eigenvalue weighted by Gasteiger charge is 2.15. The van der Waals surface area contributed by atoms with Crippen LogP contribution in [0.2, 0.25) is 5.02 Å². The molecule has 0 aliphatic heterocycles. The maximum atomic E-state index is 12.3. The van der Waals surface area contributed by atoms with E-state index in [1.165, 1.54) is 11.3 Å². The summed E-state index contributed by atoms with van der Waals surface area (Å²) in [5, 5.41) is 9.28. The van der Waals surface area contributed by atoms with Crippen LogP contribution in [0.25, 0.3) is 0 Å². The topological polar surface area (TPSA) is 42.9 Å². The molecular formula is C14H13ClN2OS3. The van der Waals surface area contributed by atoms with Gasteiger partial charge in [0.1, 0.15) is 5.01 Å². The van der Waals surface area contributed by atoms with Gasteiger partial charge in [0.05, 0.1) is 11.4 Å². The van der Waals surface area contributed by atoms with E-state index in [1.807, 2.05) is 24.5 Å². The van der Waals surface area contributed by atoms with Crippen LogP contribution < -0.4 is 0 Å². The van der Waals surface area contributed by atoms with E-state index in [9.17, 15) is 4.79 Å². The summed E-state index contributed by atoms with van der Waals surface area (Å²) >= 11 is 10.7. The van der Waals surface area contributed by atoms with E-state index >= 15 is 0 Å². The Balaban J connectivity index is 2.10. The number of carbonyl (C=O) groups excluding carboxylic acids is 1. The summed E-state index contributed by atoms with van der Waals surface area (Å²) in [7, 11) is 0. The summed E-state index contributed by atoms with van der Waals surface area (Å²) in [4.78, 5) is 13.4. The van der Waals surface area contributed by atoms with Crippen LogP contribution in [-0.4, -0.2) is 28.0 Å². The second-order valence-electron chi connectivity index (χ2n) is 4.01. The van der Waals surface area contributed by atoms with Crippen molar-refractivity contribution >= 4 is 52.2 Å². The lowest BCUT2D eigenvalue weighted by molar-refractivity contribution is 0.0992. The molecule has 2 aromatic rings. The van der Waals surface area contributed by atoms with Crippen molar-refractivity contribution in [3.63, 3.8) is 0 Å². The number of nitrogens with zero attached hydrogens (tertiary/aromatic N) is 2. The zero-order valence-electron chi connectivity index (χ0n) is 11.3. The van der Waals surface area contributed by atoms with Gasteiger partial charge < -0.3 is 0 Å². The molecule has 0 saturated heterocycles. The highest BCUT2D eigenvalue weighted by atomic mass is 35.5. The van der Waals surface area contributed by atoms with E-state index < -0.39 is 0 Å². The number of Topliss-reactive ketones (excluding diaryl/α,β-unsaturated/α-hetero) is 1. The molecule has 0 fully saturated rings. The van der Waals surface area contributed by atoms with Crippen LogP contribution in [-0.2, 0) is 6.42 Å². The van der Waals surface area contributed by atoms with E-state index in [-0.39, 0.29) is 12.2 Å². The number of ketones is 1. The van der Waals surface area contributed by atoms with Crippen LogP contribution in [0.5, 0.6) is 0 Å². The Kier molecular flexibility index (Phi) is 6.29. The summed E-state index contributed by atoms with van der Waals surface area (Å²) in [5.41, 5.74) is 0.541. The molecule has 1 aromatic carbocycles. The highest BCUT2D eigenvalue weighted by molar-refractivity contribution is 8.01. The fraction of sp³-hybridized carbons (Fsp3) is 0.214. The molecule has 0 N–H and O–H groups in total. The average molecular weight is 357 g/mol. The molecule has 0 aliphatic carbocycles. The lowest BCUT2D eigenvalue weighted by atomic mass is 10.1. The molecule has 0 atom stereocenters. The zero-order chi connectivity index (χ0) is 15.2. The predicted molar refractivity (Wildman–Crippen MR) is 92.1 cm³/mol. The molecule has 0 amide bonds. The number of thioether (sulfide) groups is 2. The SMILES string of the molecule is C=CCSc1nnc(CC(=O)c2cc(SC)ccc2Cl)s1. The Morgan fingerprint density at radius 3 is 3.00 bits per heavy atom. The molecule has 3 nitrogen and oxygen atoms in total. The fourth-order valence-electron chi connectivity index (χ4n) is 1.58. The summed E-state index contributed by atoms with van der Waals surface area (Å²) in [5.74, 6) is 0.747. The van der Waals surface area contributed by atoms with Crippen molar-refractivity contribution in [1.29, 1.82) is 0 Å². The van der Waals surface area contributed by atoms with Gasteiger partial charge in [-0.1, -0.05) is 40.8 Å². The number of halogens is 1. The van der Waals surface area contributed by atoms with Crippen molar-refractivity contribution in [3.05, 3.63) is 46.4 Å². The van der Waals surface area contributed by atoms with Crippen LogP contribution in [0.15, 0.2) is 40.1 Å². The molecule has 0 unspecified atom stereocenters. The number of benzene rings is 1. The molecule has 0 aliphatic rings. The summed E-state index contributed by atoms with van der Waals surface area (Å²) in [6.45, 7) is 3.66. The maximum Gasteiger partial charge on any atom is 0.174 e. The zero-order valence-corrected chi connectivity index (χ0v) is 14.5. The van der Waals surface area contributed by atoms with Gasteiger partial charge in [0, 0.05) is 16.2 Å². The van der Waals surface area contributed by atoms with Gasteiger partial charge in [-0.05, 0) is 24.5 Å². The Morgan fingerprint density at radius 1 is 1.48 bits per heavy atom. The lowest BCUT2D eigenvalue weighted by Gasteiger charge is -2.04. The minimum absolute atomic E-state index is 0.0349. The largest absolute Gasteiger partial charge is 0.294 e. The number of rotatable bonds is 7. The third-order valence-corrected chi connectivity index (χ3v) is 5.67. The molecule has 0 spiro atoms. The summed E-state index contributed by atoms with van der Waals surface area (Å²) in [6, 6.07) is 5.48. The molecular weight excluding hydrogens is 344 g/mol. The van der Waals surface area contributed by atoms with Crippen molar-refractivity contribution in [2.75, 3.05) is 12.0 Å². The van der Waals surface area contributed by atoms with Crippen molar-refractivity contribution in [3.8, 4) is 0 Å². The Bertz CT molecular complexity index is 657. The number of aromatic nitrogens is 2. The second-order valence-corrected chi connectivity index (χ2v) is 7.62. The highest BCUT2D eigenvalue weighted by Crippen LogP contribution is 2.26. The van der Waals surface area contributed by atoms with Gasteiger partial charge in [-0.3, -0.25) is 4.79 Å². The Hall–Kier alpha value is -0.820. The van der Waals surface area contributed by atoms with Gasteiger partial charge in [0.2, 0.25) is 0 Å². The Labute approximate surface area is 141 Å². The average Bonchev–Trinajstić information content (AvgIpc) is 2.93. The predicted octanol–water partition coefficient (Wildman–Crippen LogP) is 4.62. The molecule has 21 heavy (non-hydrogen) atoms. The smallest absolute Gasteiger partial charge is 0.174 e. The van der Waals surface area contributed by atoms with Crippen molar-refractivity contribution in [2.45, 2.75) is 15.7 Å². The molecule has 0 bridgehead atoms. The number of hydrogen-bond acceptors (Lipinski definition) is 6. The molecule has 0 radical (unpaired) electrons. The van der Waals surface area contributed by atoms with Gasteiger partial charge >= 0.3 is 0 Å². The van der Waals surface area contributed by atoms with E-state index in [1.54, 1.807) is 29.6 Å². The first-order valence-corrected chi connectivity index (χ1v) is 9.47. The first kappa shape index (κ1) is 16.5. The van der Waals surface area contributed by atoms with Gasteiger partial charge in [0.15, 0.2) is 10.1 Å². The van der Waals surface area contributed by atoms with E-state index in [0.29, 0.717) is 15.6 Å². The number of hydrogen-bond donors (Lipinski definition) is 0. The molecule has 0 saturated carbocycles. The minimum Gasteiger partial charge on any atom is -0.294 e. The fourth-order valence-corrected chi connectivity index (χ4v) is 3.89. The minimum atomic E-state index is -0.0349. The quantitative estimate of drug-likeness (QED) is 0.411. The van der Waals surface area contributed by atoms with Crippen molar-refractivity contribution < 1.29 is 4.79 Å². The first-order chi connectivity index (χ1) is 10.1. The van der Waals surface area contributed by atoms with E-state index in [4.69, 9.17) is 11.6 Å². The van der Waals surface area contributed by atoms with Crippen LogP contribution >= 0.6 is 46.5 Å². The monoisotopic (exact) mass is 356 g/mol. The standard InChI is InChI=1S/C14H13ClN2OS3/c1-3-6-20-14-17-16-13(21-14)8-12(18)10-7-9(19-2)4-5-11(10)15/h3-5,7H,1,6,8H2,2H3. The lowest BCUT2D eigenvalue weighted by Crippen LogP contribution is -2.04. The molecule has 2 rings (SSSR count). The van der Waals surface area contributed by atoms with Crippen LogP contribution in [0.4, 0.5) is 0 Å². The maximum absolute atomic E-state index is 12.3. The van der Waals surface area contributed by atoms with Crippen LogP contribution in [0.3, 0.4) is 0 Å². The van der Waals surface area contributed by atoms with Crippen LogP contribution in [0.1, 0.15) is 15.4 Å². The van der Waals surface area contributed by atoms with Gasteiger partial charge in [-0.15, -0.1) is 28.5 Å². The van der Waals surface area contributed by atoms with Crippen LogP contribution in [0, 0.1) is 0 Å². The van der Waals surface area contributed by atoms with Gasteiger partial charge in [-0.2, -0.15) is 0 Å². The molecule has 1 heterocycles. The van der Waals surface area contributed by atoms with E-state index in [0.717, 1.165) is 15.0 Å². The van der Waals surface area contributed by atoms with E-state index in [2.05, 4.69) is 16.8 Å². The third-order valence-electron chi connectivity index (χ3n) is 2.56. The molecule has 7 heteroatoms. The first-order valence-electron chi connectivity index (χ1n) is 6.07. The van der Waals surface area contributed by atoms with Crippen molar-refractivity contribution in [1.82, 2.24) is 10.2 Å². The third kappa shape index (κ3) is 4.57. The second kappa shape index (κ2) is 7.98.